The highest BCUT2D eigenvalue weighted by Gasteiger charge is 2.43. The minimum absolute atomic E-state index is 0.110. The van der Waals surface area contributed by atoms with Crippen LogP contribution in [-0.2, 0) is 14.4 Å². The van der Waals surface area contributed by atoms with Gasteiger partial charge in [0.2, 0.25) is 11.8 Å². The molecular weight excluding hydrogens is 353 g/mol. The van der Waals surface area contributed by atoms with E-state index >= 15 is 0 Å². The molecule has 27 heavy (non-hydrogen) atoms. The Kier molecular flexibility index (Phi) is 4.59. The first-order chi connectivity index (χ1) is 12.9. The summed E-state index contributed by atoms with van der Waals surface area (Å²) in [6.45, 7) is 1.49. The fraction of sp³-hybridized carbons (Fsp3) is 0.526. The van der Waals surface area contributed by atoms with Crippen LogP contribution in [-0.4, -0.2) is 53.0 Å². The molecule has 4 rings (SSSR count). The number of nitrogens with zero attached hydrogens (tertiary/aromatic N) is 1. The number of anilines is 1. The summed E-state index contributed by atoms with van der Waals surface area (Å²) < 4.78 is 14.5. The highest BCUT2D eigenvalue weighted by atomic mass is 19.1. The van der Waals surface area contributed by atoms with E-state index in [2.05, 4.69) is 15.5 Å². The zero-order valence-electron chi connectivity index (χ0n) is 14.8. The zero-order chi connectivity index (χ0) is 19.1. The van der Waals surface area contributed by atoms with Gasteiger partial charge in [-0.3, -0.25) is 24.6 Å². The molecule has 0 spiro atoms. The van der Waals surface area contributed by atoms with Crippen LogP contribution in [0.3, 0.4) is 0 Å². The number of piperidine rings is 1. The highest BCUT2D eigenvalue weighted by molar-refractivity contribution is 6.01. The maximum atomic E-state index is 14.5. The molecule has 2 amide bonds. The second-order valence-corrected chi connectivity index (χ2v) is 7.70. The fourth-order valence-corrected chi connectivity index (χ4v) is 4.08. The highest BCUT2D eigenvalue weighted by Crippen LogP contribution is 2.39. The van der Waals surface area contributed by atoms with Gasteiger partial charge in [0.1, 0.15) is 11.9 Å². The van der Waals surface area contributed by atoms with Crippen LogP contribution in [0, 0.1) is 11.7 Å². The number of carbonyl (C=O) groups excluding carboxylic acids is 2. The first kappa shape index (κ1) is 17.9. The maximum Gasteiger partial charge on any atom is 0.306 e. The van der Waals surface area contributed by atoms with Crippen molar-refractivity contribution in [1.29, 1.82) is 0 Å². The van der Waals surface area contributed by atoms with E-state index < -0.39 is 12.0 Å². The Labute approximate surface area is 155 Å². The van der Waals surface area contributed by atoms with Crippen LogP contribution >= 0.6 is 0 Å². The molecule has 2 heterocycles. The SMILES string of the molecule is O=C1CCC(Nc2ccc(C3CN([C@H]4C[C@@H](C(=O)O)C4)C3)c(F)c2)C(=O)N1. The maximum absolute atomic E-state index is 14.5. The van der Waals surface area contributed by atoms with E-state index in [9.17, 15) is 18.8 Å². The zero-order valence-corrected chi connectivity index (χ0v) is 14.8. The Bertz CT molecular complexity index is 787. The number of aliphatic carboxylic acids is 1. The van der Waals surface area contributed by atoms with Crippen LogP contribution in [0.15, 0.2) is 18.2 Å². The Morgan fingerprint density at radius 1 is 1.26 bits per heavy atom. The number of likely N-dealkylation sites (tertiary alicyclic amines) is 1. The number of rotatable bonds is 5. The van der Waals surface area contributed by atoms with Crippen molar-refractivity contribution in [1.82, 2.24) is 10.2 Å². The molecule has 8 heteroatoms. The molecule has 0 radical (unpaired) electrons. The third kappa shape index (κ3) is 3.53. The minimum atomic E-state index is -0.728. The number of carbonyl (C=O) groups is 3. The van der Waals surface area contributed by atoms with Gasteiger partial charge in [-0.25, -0.2) is 4.39 Å². The number of hydrogen-bond donors (Lipinski definition) is 3. The van der Waals surface area contributed by atoms with E-state index in [1.54, 1.807) is 12.1 Å². The lowest BCUT2D eigenvalue weighted by Gasteiger charge is -2.50. The van der Waals surface area contributed by atoms with Gasteiger partial charge in [0.05, 0.1) is 5.92 Å². The Morgan fingerprint density at radius 2 is 2.00 bits per heavy atom. The van der Waals surface area contributed by atoms with Gasteiger partial charge >= 0.3 is 5.97 Å². The topological polar surface area (TPSA) is 98.7 Å². The number of benzene rings is 1. The lowest BCUT2D eigenvalue weighted by Crippen LogP contribution is -2.56. The summed E-state index contributed by atoms with van der Waals surface area (Å²) in [5.41, 5.74) is 1.17. The molecule has 3 aliphatic rings. The van der Waals surface area contributed by atoms with E-state index in [1.165, 1.54) is 6.07 Å². The van der Waals surface area contributed by atoms with Crippen molar-refractivity contribution in [3.05, 3.63) is 29.6 Å². The number of imide groups is 1. The summed E-state index contributed by atoms with van der Waals surface area (Å²) in [5.74, 6) is -1.83. The van der Waals surface area contributed by atoms with Crippen LogP contribution in [0.5, 0.6) is 0 Å². The summed E-state index contributed by atoms with van der Waals surface area (Å²) in [6, 6.07) is 4.67. The largest absolute Gasteiger partial charge is 0.481 e. The normalized spacial score (nSPS) is 28.9. The number of hydrogen-bond acceptors (Lipinski definition) is 5. The second kappa shape index (κ2) is 6.92. The average Bonchev–Trinajstić information content (AvgIpc) is 2.51. The van der Waals surface area contributed by atoms with Crippen LogP contribution < -0.4 is 10.6 Å². The van der Waals surface area contributed by atoms with Crippen molar-refractivity contribution >= 4 is 23.5 Å². The van der Waals surface area contributed by atoms with Crippen molar-refractivity contribution in [2.75, 3.05) is 18.4 Å². The third-order valence-corrected chi connectivity index (χ3v) is 5.91. The fourth-order valence-electron chi connectivity index (χ4n) is 4.08. The summed E-state index contributed by atoms with van der Waals surface area (Å²) in [6.07, 6.45) is 2.02. The summed E-state index contributed by atoms with van der Waals surface area (Å²) in [5, 5.41) is 14.2. The number of nitrogens with one attached hydrogen (secondary N) is 2. The molecule has 0 bridgehead atoms. The molecule has 1 aliphatic carbocycles. The van der Waals surface area contributed by atoms with Gasteiger partial charge in [0.25, 0.3) is 0 Å². The van der Waals surface area contributed by atoms with Crippen LogP contribution in [0.2, 0.25) is 0 Å². The first-order valence-corrected chi connectivity index (χ1v) is 9.27. The van der Waals surface area contributed by atoms with E-state index in [4.69, 9.17) is 5.11 Å². The molecule has 1 aromatic carbocycles. The predicted octanol–water partition coefficient (Wildman–Crippen LogP) is 1.31. The Balaban J connectivity index is 1.31. The molecule has 1 unspecified atom stereocenters. The lowest BCUT2D eigenvalue weighted by atomic mass is 9.76. The number of carboxylic acids is 1. The summed E-state index contributed by atoms with van der Waals surface area (Å²) in [7, 11) is 0. The predicted molar refractivity (Wildman–Crippen MR) is 94.7 cm³/mol. The van der Waals surface area contributed by atoms with E-state index in [-0.39, 0.29) is 35.9 Å². The molecule has 2 aliphatic heterocycles. The lowest BCUT2D eigenvalue weighted by molar-refractivity contribution is -0.148. The van der Waals surface area contributed by atoms with Crippen molar-refractivity contribution in [2.45, 2.75) is 43.7 Å². The van der Waals surface area contributed by atoms with Crippen molar-refractivity contribution in [2.24, 2.45) is 5.92 Å². The van der Waals surface area contributed by atoms with Crippen LogP contribution in [0.1, 0.15) is 37.2 Å². The van der Waals surface area contributed by atoms with Gasteiger partial charge in [-0.05, 0) is 37.0 Å². The van der Waals surface area contributed by atoms with Gasteiger partial charge in [0.15, 0.2) is 0 Å². The molecule has 3 fully saturated rings. The van der Waals surface area contributed by atoms with Gasteiger partial charge in [-0.1, -0.05) is 6.07 Å². The van der Waals surface area contributed by atoms with Crippen LogP contribution in [0.25, 0.3) is 0 Å². The molecule has 2 saturated heterocycles. The van der Waals surface area contributed by atoms with E-state index in [0.29, 0.717) is 36.6 Å². The molecule has 1 atom stereocenters. The number of carboxylic acid groups (broad SMARTS) is 1. The molecule has 144 valence electrons. The Morgan fingerprint density at radius 3 is 2.63 bits per heavy atom. The minimum Gasteiger partial charge on any atom is -0.481 e. The van der Waals surface area contributed by atoms with Crippen molar-refractivity contribution < 1.29 is 23.9 Å². The van der Waals surface area contributed by atoms with Gasteiger partial charge < -0.3 is 10.4 Å². The summed E-state index contributed by atoms with van der Waals surface area (Å²) >= 11 is 0. The number of halogens is 1. The smallest absolute Gasteiger partial charge is 0.306 e. The van der Waals surface area contributed by atoms with E-state index in [0.717, 1.165) is 13.1 Å². The molecule has 1 saturated carbocycles. The van der Waals surface area contributed by atoms with Gasteiger partial charge in [-0.15, -0.1) is 0 Å². The molecule has 0 aromatic heterocycles. The molecule has 3 N–H and O–H groups in total. The molecule has 7 nitrogen and oxygen atoms in total. The quantitative estimate of drug-likeness (QED) is 0.671. The molecular formula is C19H22FN3O4. The first-order valence-electron chi connectivity index (χ1n) is 9.27. The Hall–Kier alpha value is -2.48. The summed E-state index contributed by atoms with van der Waals surface area (Å²) in [4.78, 5) is 36.1. The monoisotopic (exact) mass is 375 g/mol. The second-order valence-electron chi connectivity index (χ2n) is 7.70. The standard InChI is InChI=1S/C19H22FN3O4/c20-15-7-12(21-16-3-4-17(24)22-18(16)25)1-2-14(15)11-8-23(9-11)13-5-10(6-13)19(26)27/h1-2,7,10-11,13,16,21H,3-6,8-9H2,(H,26,27)(H,22,24,25)/t10-,13+,16?. The van der Waals surface area contributed by atoms with Gasteiger partial charge in [0, 0.05) is 37.2 Å². The van der Waals surface area contributed by atoms with Gasteiger partial charge in [-0.2, -0.15) is 0 Å². The van der Waals surface area contributed by atoms with Crippen LogP contribution in [0.4, 0.5) is 10.1 Å². The average molecular weight is 375 g/mol. The molecule has 1 aromatic rings. The van der Waals surface area contributed by atoms with Crippen molar-refractivity contribution in [3.8, 4) is 0 Å². The van der Waals surface area contributed by atoms with Crippen molar-refractivity contribution in [3.63, 3.8) is 0 Å². The third-order valence-electron chi connectivity index (χ3n) is 5.91. The number of amides is 2. The van der Waals surface area contributed by atoms with E-state index in [1.807, 2.05) is 0 Å².